The zero-order valence-electron chi connectivity index (χ0n) is 16.3. The molecule has 0 saturated carbocycles. The van der Waals surface area contributed by atoms with Gasteiger partial charge in [-0.1, -0.05) is 38.1 Å². The molecule has 0 radical (unpaired) electrons. The minimum absolute atomic E-state index is 0.162. The van der Waals surface area contributed by atoms with Gasteiger partial charge in [-0.2, -0.15) is 0 Å². The highest BCUT2D eigenvalue weighted by atomic mass is 16.7. The molecule has 0 amide bonds. The number of rotatable bonds is 6. The van der Waals surface area contributed by atoms with Crippen molar-refractivity contribution in [3.8, 4) is 11.5 Å². The smallest absolute Gasteiger partial charge is 0.226 e. The molecule has 3 atom stereocenters. The molecule has 0 aromatic heterocycles. The molecule has 0 spiro atoms. The molecule has 0 aliphatic carbocycles. The van der Waals surface area contributed by atoms with E-state index in [0.29, 0.717) is 5.75 Å². The SMILES string of the molecule is CC/C(=C(/CC)c1ccc(OC2OCC(O)CC2O)cc1)c1ccc(O)cc1. The maximum atomic E-state index is 10.00. The van der Waals surface area contributed by atoms with E-state index in [-0.39, 0.29) is 18.8 Å². The van der Waals surface area contributed by atoms with Gasteiger partial charge in [0.1, 0.15) is 17.6 Å². The lowest BCUT2D eigenvalue weighted by Gasteiger charge is -2.31. The lowest BCUT2D eigenvalue weighted by molar-refractivity contribution is -0.198. The number of hydrogen-bond acceptors (Lipinski definition) is 5. The third kappa shape index (κ3) is 4.73. The molecule has 5 nitrogen and oxygen atoms in total. The molecule has 150 valence electrons. The summed E-state index contributed by atoms with van der Waals surface area (Å²) < 4.78 is 11.1. The monoisotopic (exact) mass is 384 g/mol. The molecule has 3 rings (SSSR count). The molecular formula is C23H28O5. The van der Waals surface area contributed by atoms with Crippen LogP contribution in [0.25, 0.3) is 11.1 Å². The van der Waals surface area contributed by atoms with Gasteiger partial charge in [0.25, 0.3) is 0 Å². The van der Waals surface area contributed by atoms with Gasteiger partial charge in [0, 0.05) is 6.42 Å². The van der Waals surface area contributed by atoms with Crippen LogP contribution in [0.15, 0.2) is 48.5 Å². The molecule has 28 heavy (non-hydrogen) atoms. The second-order valence-electron chi connectivity index (χ2n) is 7.01. The van der Waals surface area contributed by atoms with Gasteiger partial charge >= 0.3 is 0 Å². The zero-order chi connectivity index (χ0) is 20.1. The molecule has 1 heterocycles. The fourth-order valence-electron chi connectivity index (χ4n) is 3.60. The molecule has 1 aliphatic heterocycles. The highest BCUT2D eigenvalue weighted by Crippen LogP contribution is 2.33. The lowest BCUT2D eigenvalue weighted by Crippen LogP contribution is -2.44. The molecular weight excluding hydrogens is 356 g/mol. The standard InChI is InChI=1S/C23H28O5/c1-3-20(15-5-9-17(24)10-6-15)21(4-2)16-7-11-19(12-8-16)28-23-22(26)13-18(25)14-27-23/h5-12,18,22-26H,3-4,13-14H2,1-2H3/b21-20+. The number of benzene rings is 2. The minimum atomic E-state index is -0.851. The summed E-state index contributed by atoms with van der Waals surface area (Å²) in [5.41, 5.74) is 4.71. The Kier molecular flexibility index (Phi) is 6.73. The van der Waals surface area contributed by atoms with Crippen LogP contribution in [0.2, 0.25) is 0 Å². The van der Waals surface area contributed by atoms with Crippen LogP contribution in [0, 0.1) is 0 Å². The first-order valence-corrected chi connectivity index (χ1v) is 9.78. The predicted octanol–water partition coefficient (Wildman–Crippen LogP) is 3.97. The van der Waals surface area contributed by atoms with E-state index in [0.717, 1.165) is 24.0 Å². The van der Waals surface area contributed by atoms with Crippen molar-refractivity contribution in [1.82, 2.24) is 0 Å². The number of phenols is 1. The number of aliphatic hydroxyl groups excluding tert-OH is 2. The highest BCUT2D eigenvalue weighted by molar-refractivity contribution is 5.90. The lowest BCUT2D eigenvalue weighted by atomic mass is 9.91. The Morgan fingerprint density at radius 3 is 1.96 bits per heavy atom. The molecule has 0 bridgehead atoms. The van der Waals surface area contributed by atoms with Crippen molar-refractivity contribution in [2.24, 2.45) is 0 Å². The van der Waals surface area contributed by atoms with E-state index in [1.165, 1.54) is 11.1 Å². The second-order valence-corrected chi connectivity index (χ2v) is 7.01. The number of aromatic hydroxyl groups is 1. The van der Waals surface area contributed by atoms with Crippen molar-refractivity contribution in [3.05, 3.63) is 59.7 Å². The average molecular weight is 384 g/mol. The van der Waals surface area contributed by atoms with Gasteiger partial charge in [0.15, 0.2) is 0 Å². The Bertz CT molecular complexity index is 795. The van der Waals surface area contributed by atoms with Gasteiger partial charge in [-0.15, -0.1) is 0 Å². The maximum absolute atomic E-state index is 10.00. The van der Waals surface area contributed by atoms with Crippen molar-refractivity contribution in [3.63, 3.8) is 0 Å². The fraction of sp³-hybridized carbons (Fsp3) is 0.391. The third-order valence-electron chi connectivity index (χ3n) is 5.02. The van der Waals surface area contributed by atoms with Crippen molar-refractivity contribution < 1.29 is 24.8 Å². The number of allylic oxidation sites excluding steroid dienone is 2. The average Bonchev–Trinajstić information content (AvgIpc) is 2.70. The number of ether oxygens (including phenoxy) is 2. The molecule has 5 heteroatoms. The van der Waals surface area contributed by atoms with Gasteiger partial charge < -0.3 is 24.8 Å². The van der Waals surface area contributed by atoms with E-state index < -0.39 is 18.5 Å². The van der Waals surface area contributed by atoms with E-state index >= 15 is 0 Å². The Hall–Kier alpha value is -2.34. The van der Waals surface area contributed by atoms with E-state index in [2.05, 4.69) is 13.8 Å². The van der Waals surface area contributed by atoms with Crippen LogP contribution in [0.5, 0.6) is 11.5 Å². The fourth-order valence-corrected chi connectivity index (χ4v) is 3.60. The summed E-state index contributed by atoms with van der Waals surface area (Å²) in [7, 11) is 0. The Labute approximate surface area is 165 Å². The van der Waals surface area contributed by atoms with Crippen LogP contribution in [0.1, 0.15) is 44.2 Å². The molecule has 1 fully saturated rings. The largest absolute Gasteiger partial charge is 0.508 e. The summed E-state index contributed by atoms with van der Waals surface area (Å²) >= 11 is 0. The van der Waals surface area contributed by atoms with E-state index in [1.807, 2.05) is 36.4 Å². The Morgan fingerprint density at radius 2 is 1.46 bits per heavy atom. The van der Waals surface area contributed by atoms with Gasteiger partial charge in [-0.3, -0.25) is 0 Å². The summed E-state index contributed by atoms with van der Waals surface area (Å²) in [6.07, 6.45) is -0.252. The van der Waals surface area contributed by atoms with Crippen LogP contribution in [-0.4, -0.2) is 40.4 Å². The molecule has 3 N–H and O–H groups in total. The van der Waals surface area contributed by atoms with Crippen LogP contribution < -0.4 is 4.74 Å². The van der Waals surface area contributed by atoms with E-state index in [9.17, 15) is 15.3 Å². The molecule has 2 aromatic carbocycles. The molecule has 1 saturated heterocycles. The predicted molar refractivity (Wildman–Crippen MR) is 109 cm³/mol. The van der Waals surface area contributed by atoms with E-state index in [4.69, 9.17) is 9.47 Å². The number of phenolic OH excluding ortho intramolecular Hbond substituents is 1. The number of hydrogen-bond donors (Lipinski definition) is 3. The van der Waals surface area contributed by atoms with Crippen molar-refractivity contribution in [2.75, 3.05) is 6.61 Å². The third-order valence-corrected chi connectivity index (χ3v) is 5.02. The summed E-state index contributed by atoms with van der Waals surface area (Å²) in [6, 6.07) is 15.1. The van der Waals surface area contributed by atoms with Gasteiger partial charge in [-0.25, -0.2) is 0 Å². The van der Waals surface area contributed by atoms with Gasteiger partial charge in [0.2, 0.25) is 6.29 Å². The summed E-state index contributed by atoms with van der Waals surface area (Å²) in [6.45, 7) is 4.42. The Morgan fingerprint density at radius 1 is 0.929 bits per heavy atom. The summed E-state index contributed by atoms with van der Waals surface area (Å²) in [5.74, 6) is 0.876. The normalized spacial score (nSPS) is 23.2. The summed E-state index contributed by atoms with van der Waals surface area (Å²) in [4.78, 5) is 0. The van der Waals surface area contributed by atoms with Crippen LogP contribution >= 0.6 is 0 Å². The van der Waals surface area contributed by atoms with E-state index in [1.54, 1.807) is 12.1 Å². The minimum Gasteiger partial charge on any atom is -0.508 e. The summed E-state index contributed by atoms with van der Waals surface area (Å²) in [5, 5.41) is 29.1. The van der Waals surface area contributed by atoms with Gasteiger partial charge in [0.05, 0.1) is 12.7 Å². The molecule has 1 aliphatic rings. The quantitative estimate of drug-likeness (QED) is 0.657. The Balaban J connectivity index is 1.81. The van der Waals surface area contributed by atoms with Crippen LogP contribution in [0.4, 0.5) is 0 Å². The topological polar surface area (TPSA) is 79.2 Å². The van der Waals surface area contributed by atoms with Crippen LogP contribution in [-0.2, 0) is 4.74 Å². The zero-order valence-corrected chi connectivity index (χ0v) is 16.3. The highest BCUT2D eigenvalue weighted by Gasteiger charge is 2.30. The van der Waals surface area contributed by atoms with Crippen molar-refractivity contribution >= 4 is 11.1 Å². The van der Waals surface area contributed by atoms with Gasteiger partial charge in [-0.05, 0) is 59.4 Å². The molecule has 3 unspecified atom stereocenters. The van der Waals surface area contributed by atoms with Crippen molar-refractivity contribution in [1.29, 1.82) is 0 Å². The first kappa shape index (κ1) is 20.4. The first-order valence-electron chi connectivity index (χ1n) is 9.78. The molecule has 2 aromatic rings. The van der Waals surface area contributed by atoms with Crippen molar-refractivity contribution in [2.45, 2.75) is 51.6 Å². The number of aliphatic hydroxyl groups is 2. The van der Waals surface area contributed by atoms with Crippen LogP contribution in [0.3, 0.4) is 0 Å². The maximum Gasteiger partial charge on any atom is 0.226 e. The first-order chi connectivity index (χ1) is 13.5. The second kappa shape index (κ2) is 9.24.